The molecule has 0 spiro atoms. The number of hydrogen-bond acceptors (Lipinski definition) is 3. The van der Waals surface area contributed by atoms with Crippen molar-refractivity contribution in [1.82, 2.24) is 0 Å². The van der Waals surface area contributed by atoms with Crippen molar-refractivity contribution in [3.63, 3.8) is 0 Å². The van der Waals surface area contributed by atoms with E-state index in [1.807, 2.05) is 0 Å². The van der Waals surface area contributed by atoms with Crippen LogP contribution < -0.4 is 4.74 Å². The van der Waals surface area contributed by atoms with E-state index in [0.717, 1.165) is 68.7 Å². The van der Waals surface area contributed by atoms with Crippen LogP contribution in [0.4, 0.5) is 30.7 Å². The van der Waals surface area contributed by atoms with Gasteiger partial charge in [0.2, 0.25) is 0 Å². The van der Waals surface area contributed by atoms with Crippen LogP contribution >= 0.6 is 0 Å². The van der Waals surface area contributed by atoms with Gasteiger partial charge in [-0.05, 0) is 84.7 Å². The second kappa shape index (κ2) is 14.4. The Kier molecular flexibility index (Phi) is 10.9. The van der Waals surface area contributed by atoms with Crippen molar-refractivity contribution in [3.8, 4) is 16.9 Å². The van der Waals surface area contributed by atoms with E-state index in [1.54, 1.807) is 0 Å². The lowest BCUT2D eigenvalue weighted by molar-refractivity contribution is -0.189. The number of ether oxygens (including phenoxy) is 3. The first kappa shape index (κ1) is 31.8. The number of rotatable bonds is 13. The standard InChI is InChI=1S/C32H33F7O3/c1-2-3-4-5-13-40-14-12-20-6-11-29(41-19-20)23-17-25(33)30(26(34)18-23)32(38,39)42-24-9-7-21(8-10-24)22-15-27(35)31(37)28(36)16-22/h7-10,15-18,20,29H,2-6,11-14,19H2,1H3. The second-order valence-corrected chi connectivity index (χ2v) is 10.5. The molecular formula is C32H33F7O3. The van der Waals surface area contributed by atoms with E-state index >= 15 is 0 Å². The third kappa shape index (κ3) is 8.04. The van der Waals surface area contributed by atoms with Crippen LogP contribution in [0, 0.1) is 35.0 Å². The molecule has 3 aromatic rings. The minimum absolute atomic E-state index is 0.0419. The van der Waals surface area contributed by atoms with Crippen LogP contribution in [0.2, 0.25) is 0 Å². The van der Waals surface area contributed by atoms with Gasteiger partial charge in [0.25, 0.3) is 0 Å². The lowest BCUT2D eigenvalue weighted by Gasteiger charge is -2.30. The Hall–Kier alpha value is -3.11. The predicted molar refractivity (Wildman–Crippen MR) is 144 cm³/mol. The summed E-state index contributed by atoms with van der Waals surface area (Å²) in [6.07, 6.45) is 1.57. The first-order valence-corrected chi connectivity index (χ1v) is 14.1. The number of halogens is 7. The SMILES string of the molecule is CCCCCCOCCC1CCC(c2cc(F)c(C(F)(F)Oc3ccc(-c4cc(F)c(F)c(F)c4)cc3)c(F)c2)OC1. The molecule has 0 amide bonds. The molecule has 1 saturated heterocycles. The molecule has 4 rings (SSSR count). The monoisotopic (exact) mass is 598 g/mol. The smallest absolute Gasteiger partial charge is 0.429 e. The van der Waals surface area contributed by atoms with Gasteiger partial charge in [0.05, 0.1) is 12.7 Å². The average molecular weight is 599 g/mol. The highest BCUT2D eigenvalue weighted by Gasteiger charge is 2.41. The van der Waals surface area contributed by atoms with Crippen molar-refractivity contribution < 1.29 is 44.9 Å². The zero-order valence-electron chi connectivity index (χ0n) is 23.2. The second-order valence-electron chi connectivity index (χ2n) is 10.5. The summed E-state index contributed by atoms with van der Waals surface area (Å²) < 4.78 is 116. The fourth-order valence-corrected chi connectivity index (χ4v) is 4.97. The molecule has 228 valence electrons. The molecule has 3 aromatic carbocycles. The maximum absolute atomic E-state index is 14.9. The molecule has 1 aliphatic heterocycles. The maximum Gasteiger partial charge on any atom is 0.432 e. The van der Waals surface area contributed by atoms with Crippen LogP contribution in [0.15, 0.2) is 48.5 Å². The van der Waals surface area contributed by atoms with Crippen molar-refractivity contribution in [3.05, 3.63) is 88.7 Å². The minimum atomic E-state index is -4.38. The molecule has 0 saturated carbocycles. The van der Waals surface area contributed by atoms with Crippen molar-refractivity contribution in [2.75, 3.05) is 19.8 Å². The van der Waals surface area contributed by atoms with Gasteiger partial charge in [0.15, 0.2) is 17.5 Å². The number of alkyl halides is 2. The average Bonchev–Trinajstić information content (AvgIpc) is 2.95. The van der Waals surface area contributed by atoms with Crippen LogP contribution in [0.5, 0.6) is 5.75 Å². The summed E-state index contributed by atoms with van der Waals surface area (Å²) in [5, 5.41) is 0. The highest BCUT2D eigenvalue weighted by Crippen LogP contribution is 2.39. The van der Waals surface area contributed by atoms with Crippen LogP contribution in [0.3, 0.4) is 0 Å². The molecule has 10 heteroatoms. The highest BCUT2D eigenvalue weighted by molar-refractivity contribution is 5.64. The van der Waals surface area contributed by atoms with Crippen molar-refractivity contribution in [2.45, 2.75) is 64.1 Å². The normalized spacial score (nSPS) is 17.4. The molecule has 0 aromatic heterocycles. The van der Waals surface area contributed by atoms with Crippen molar-refractivity contribution in [2.24, 2.45) is 5.92 Å². The van der Waals surface area contributed by atoms with Gasteiger partial charge in [-0.15, -0.1) is 0 Å². The molecule has 2 atom stereocenters. The van der Waals surface area contributed by atoms with Gasteiger partial charge in [-0.3, -0.25) is 0 Å². The summed E-state index contributed by atoms with van der Waals surface area (Å²) in [7, 11) is 0. The Morgan fingerprint density at radius 3 is 2.05 bits per heavy atom. The largest absolute Gasteiger partial charge is 0.432 e. The summed E-state index contributed by atoms with van der Waals surface area (Å²) in [6.45, 7) is 3.86. The third-order valence-corrected chi connectivity index (χ3v) is 7.33. The summed E-state index contributed by atoms with van der Waals surface area (Å²) in [6, 6.07) is 7.63. The molecular weight excluding hydrogens is 565 g/mol. The molecule has 0 bridgehead atoms. The Labute approximate surface area is 240 Å². The van der Waals surface area contributed by atoms with E-state index in [1.165, 1.54) is 25.0 Å². The van der Waals surface area contributed by atoms with Gasteiger partial charge in [-0.25, -0.2) is 22.0 Å². The Morgan fingerprint density at radius 1 is 0.786 bits per heavy atom. The van der Waals surface area contributed by atoms with Gasteiger partial charge in [0, 0.05) is 13.2 Å². The van der Waals surface area contributed by atoms with Crippen molar-refractivity contribution >= 4 is 0 Å². The molecule has 0 N–H and O–H groups in total. The minimum Gasteiger partial charge on any atom is -0.429 e. The Morgan fingerprint density at radius 2 is 1.45 bits per heavy atom. The fraction of sp³-hybridized carbons (Fsp3) is 0.438. The molecule has 42 heavy (non-hydrogen) atoms. The quantitative estimate of drug-likeness (QED) is 0.111. The molecule has 1 fully saturated rings. The zero-order chi connectivity index (χ0) is 30.3. The molecule has 1 heterocycles. The van der Waals surface area contributed by atoms with E-state index < -0.39 is 52.6 Å². The molecule has 2 unspecified atom stereocenters. The lowest BCUT2D eigenvalue weighted by Crippen LogP contribution is -2.26. The molecule has 0 radical (unpaired) electrons. The predicted octanol–water partition coefficient (Wildman–Crippen LogP) is 9.63. The Bertz CT molecular complexity index is 1280. The van der Waals surface area contributed by atoms with Crippen LogP contribution in [0.1, 0.15) is 69.1 Å². The van der Waals surface area contributed by atoms with E-state index in [-0.39, 0.29) is 22.6 Å². The molecule has 0 aliphatic carbocycles. The van der Waals surface area contributed by atoms with Gasteiger partial charge in [-0.2, -0.15) is 8.78 Å². The van der Waals surface area contributed by atoms with E-state index in [9.17, 15) is 30.7 Å². The third-order valence-electron chi connectivity index (χ3n) is 7.33. The molecule has 1 aliphatic rings. The van der Waals surface area contributed by atoms with Gasteiger partial charge in [-0.1, -0.05) is 38.3 Å². The van der Waals surface area contributed by atoms with Crippen LogP contribution in [0.25, 0.3) is 11.1 Å². The Balaban J connectivity index is 1.34. The number of unbranched alkanes of at least 4 members (excludes halogenated alkanes) is 3. The van der Waals surface area contributed by atoms with E-state index in [2.05, 4.69) is 11.7 Å². The summed E-state index contributed by atoms with van der Waals surface area (Å²) in [4.78, 5) is 0. The fourth-order valence-electron chi connectivity index (χ4n) is 4.97. The summed E-state index contributed by atoms with van der Waals surface area (Å²) >= 11 is 0. The van der Waals surface area contributed by atoms with Gasteiger partial charge >= 0.3 is 6.11 Å². The van der Waals surface area contributed by atoms with Crippen molar-refractivity contribution in [1.29, 1.82) is 0 Å². The number of benzene rings is 3. The van der Waals surface area contributed by atoms with E-state index in [4.69, 9.17) is 9.47 Å². The lowest BCUT2D eigenvalue weighted by atomic mass is 9.92. The first-order valence-electron chi connectivity index (χ1n) is 14.1. The summed E-state index contributed by atoms with van der Waals surface area (Å²) in [5.41, 5.74) is -1.30. The van der Waals surface area contributed by atoms with Crippen LogP contribution in [-0.2, 0) is 15.6 Å². The zero-order valence-corrected chi connectivity index (χ0v) is 23.2. The van der Waals surface area contributed by atoms with Gasteiger partial charge in [0.1, 0.15) is 22.9 Å². The highest BCUT2D eigenvalue weighted by atomic mass is 19.3. The van der Waals surface area contributed by atoms with Gasteiger partial charge < -0.3 is 14.2 Å². The van der Waals surface area contributed by atoms with E-state index in [0.29, 0.717) is 19.6 Å². The maximum atomic E-state index is 14.9. The topological polar surface area (TPSA) is 27.7 Å². The number of hydrogen-bond donors (Lipinski definition) is 0. The van der Waals surface area contributed by atoms with Crippen LogP contribution in [-0.4, -0.2) is 19.8 Å². The first-order chi connectivity index (χ1) is 20.1. The summed E-state index contributed by atoms with van der Waals surface area (Å²) in [5.74, 6) is -7.64. The molecule has 3 nitrogen and oxygen atoms in total.